The number of carbonyl (C=O) groups is 1. The molecule has 0 radical (unpaired) electrons. The molecule has 5 aromatic rings. The number of carbonyl (C=O) groups excluding carboxylic acids is 1. The molecule has 91 heavy (non-hydrogen) atoms. The van der Waals surface area contributed by atoms with Crippen LogP contribution in [0.15, 0.2) is 133 Å². The van der Waals surface area contributed by atoms with Crippen LogP contribution in [-0.4, -0.2) is 130 Å². The minimum Gasteiger partial charge on any atom is -0.497 e. The third-order valence-electron chi connectivity index (χ3n) is 18.7. The van der Waals surface area contributed by atoms with Crippen LogP contribution in [0.1, 0.15) is 171 Å². The average molecular weight is 1260 g/mol. The van der Waals surface area contributed by atoms with Gasteiger partial charge in [-0.3, -0.25) is 4.79 Å². The minimum absolute atomic E-state index is 0.157. The predicted octanol–water partition coefficient (Wildman–Crippen LogP) is 13.4. The number of rotatable bonds is 19. The number of Topliss-reactive ketones (excluding diaryl/α,β-unsaturated/α-hetero) is 1. The zero-order valence-corrected chi connectivity index (χ0v) is 57.6. The molecule has 0 amide bonds. The van der Waals surface area contributed by atoms with Crippen LogP contribution < -0.4 is 14.2 Å². The third kappa shape index (κ3) is 18.2. The normalized spacial score (nSPS) is 24.4. The Hall–Kier alpha value is -5.16. The summed E-state index contributed by atoms with van der Waals surface area (Å²) >= 11 is 0. The Morgan fingerprint density at radius 1 is 0.516 bits per heavy atom. The Kier molecular flexibility index (Phi) is 24.2. The van der Waals surface area contributed by atoms with Gasteiger partial charge in [-0.15, -0.1) is 0 Å². The van der Waals surface area contributed by atoms with E-state index in [1.165, 1.54) is 0 Å². The van der Waals surface area contributed by atoms with Gasteiger partial charge >= 0.3 is 21.4 Å². The number of ketones is 1. The first kappa shape index (κ1) is 73.3. The topological polar surface area (TPSA) is 176 Å². The molecule has 10 rings (SSSR count). The number of hydrogen-bond donors (Lipinski definition) is 1. The number of hydrogen-bond acceptors (Lipinski definition) is 17. The van der Waals surface area contributed by atoms with Crippen LogP contribution in [0.5, 0.6) is 17.2 Å². The monoisotopic (exact) mass is 1260 g/mol. The van der Waals surface area contributed by atoms with Crippen molar-refractivity contribution in [3.8, 4) is 17.2 Å². The zero-order valence-electron chi connectivity index (χ0n) is 57.6. The molecule has 5 aliphatic heterocycles. The zero-order chi connectivity index (χ0) is 66.7. The second-order valence-corrected chi connectivity index (χ2v) is 27.6. The van der Waals surface area contributed by atoms with E-state index in [1.807, 2.05) is 168 Å². The minimum atomic E-state index is -1.11. The largest absolute Gasteiger partial charge is 0.497 e. The van der Waals surface area contributed by atoms with Gasteiger partial charge in [0.1, 0.15) is 34.0 Å². The SMILES string of the molecule is CC1(B2OC(C)(C)C(C)(C)O2)CCOC(c2ccccc2)(c2ccccc2)O1.COc1ccc(COCCC(C)(O)B2OC(C)(C)C(C)(C)O2)cc1.COc1ccc(COCCC(C)=O)cc1.COc1ccc([C@H]2OCC[C@](C)(B3OC(C)(C)C(C)(C)O3)O2)cc1. The maximum Gasteiger partial charge on any atom is 0.492 e. The lowest BCUT2D eigenvalue weighted by molar-refractivity contribution is -0.294. The molecule has 496 valence electrons. The fraction of sp³-hybridized carbons (Fsp3) is 0.563. The summed E-state index contributed by atoms with van der Waals surface area (Å²) in [5.41, 5.74) is 0.214. The molecule has 0 aromatic heterocycles. The van der Waals surface area contributed by atoms with E-state index < -0.39 is 72.3 Å². The van der Waals surface area contributed by atoms with Crippen molar-refractivity contribution in [3.05, 3.63) is 161 Å². The summed E-state index contributed by atoms with van der Waals surface area (Å²) in [4.78, 5) is 10.6. The van der Waals surface area contributed by atoms with Crippen molar-refractivity contribution in [1.29, 1.82) is 0 Å². The Bertz CT molecular complexity index is 2960. The molecule has 5 saturated heterocycles. The highest BCUT2D eigenvalue weighted by molar-refractivity contribution is 6.50. The lowest BCUT2D eigenvalue weighted by atomic mass is 9.65. The molecule has 2 unspecified atom stereocenters. The smallest absolute Gasteiger partial charge is 0.492 e. The highest BCUT2D eigenvalue weighted by atomic mass is 16.7. The van der Waals surface area contributed by atoms with Gasteiger partial charge in [0, 0.05) is 29.7 Å². The van der Waals surface area contributed by atoms with Crippen LogP contribution in [0.3, 0.4) is 0 Å². The second-order valence-electron chi connectivity index (χ2n) is 27.6. The Morgan fingerprint density at radius 2 is 0.901 bits per heavy atom. The maximum atomic E-state index is 10.7. The van der Waals surface area contributed by atoms with Crippen molar-refractivity contribution >= 4 is 27.1 Å². The first-order chi connectivity index (χ1) is 42.6. The Balaban J connectivity index is 0.000000176. The first-order valence-corrected chi connectivity index (χ1v) is 31.7. The van der Waals surface area contributed by atoms with E-state index in [0.29, 0.717) is 58.9 Å². The van der Waals surface area contributed by atoms with E-state index in [0.717, 1.165) is 51.5 Å². The van der Waals surface area contributed by atoms with Gasteiger partial charge in [0.05, 0.1) is 93.5 Å². The van der Waals surface area contributed by atoms with Gasteiger partial charge in [0.25, 0.3) is 0 Å². The van der Waals surface area contributed by atoms with E-state index in [1.54, 1.807) is 35.2 Å². The molecule has 5 aromatic carbocycles. The fourth-order valence-electron chi connectivity index (χ4n) is 10.3. The number of benzene rings is 5. The van der Waals surface area contributed by atoms with Gasteiger partial charge in [0.2, 0.25) is 5.79 Å². The van der Waals surface area contributed by atoms with E-state index in [-0.39, 0.29) is 17.0 Å². The van der Waals surface area contributed by atoms with Crippen LogP contribution in [-0.2, 0) is 80.1 Å². The highest BCUT2D eigenvalue weighted by Crippen LogP contribution is 2.49. The number of aliphatic hydroxyl groups is 1. The Labute approximate surface area is 543 Å². The van der Waals surface area contributed by atoms with Gasteiger partial charge in [-0.1, -0.05) is 97.1 Å². The van der Waals surface area contributed by atoms with E-state index in [2.05, 4.69) is 62.3 Å². The first-order valence-electron chi connectivity index (χ1n) is 31.7. The van der Waals surface area contributed by atoms with Gasteiger partial charge < -0.3 is 75.7 Å². The van der Waals surface area contributed by atoms with Crippen LogP contribution in [0.25, 0.3) is 0 Å². The molecule has 5 aliphatic rings. The molecule has 1 N–H and O–H groups in total. The van der Waals surface area contributed by atoms with Crippen molar-refractivity contribution in [3.63, 3.8) is 0 Å². The van der Waals surface area contributed by atoms with Crippen LogP contribution in [0.2, 0.25) is 0 Å². The summed E-state index contributed by atoms with van der Waals surface area (Å²) in [6.07, 6.45) is 1.88. The van der Waals surface area contributed by atoms with Crippen molar-refractivity contribution in [2.24, 2.45) is 0 Å². The predicted molar refractivity (Wildman–Crippen MR) is 354 cm³/mol. The third-order valence-corrected chi connectivity index (χ3v) is 18.7. The van der Waals surface area contributed by atoms with Crippen molar-refractivity contribution in [1.82, 2.24) is 0 Å². The molecule has 4 atom stereocenters. The van der Waals surface area contributed by atoms with Crippen molar-refractivity contribution in [2.45, 2.75) is 212 Å². The average Bonchev–Trinajstić information content (AvgIpc) is 1.74. The van der Waals surface area contributed by atoms with Crippen molar-refractivity contribution < 1.29 is 80.5 Å². The lowest BCUT2D eigenvalue weighted by Gasteiger charge is -2.47. The summed E-state index contributed by atoms with van der Waals surface area (Å²) < 4.78 is 88.7. The molecular weight excluding hydrogens is 1160 g/mol. The van der Waals surface area contributed by atoms with Gasteiger partial charge in [-0.25, -0.2) is 0 Å². The van der Waals surface area contributed by atoms with Gasteiger partial charge in [0.15, 0.2) is 6.29 Å². The molecule has 0 spiro atoms. The standard InChI is InChI=1S/C23H29BO4.C18H27BO5.C18H29BO5.C12H16O3/c1-20(2)21(3,4)28-24(27-20)22(5)16-17-25-23(26-22,18-12-8-6-9-13-18)19-14-10-7-11-15-19;1-16(2)17(3,4)24-19(23-16)18(5)11-12-21-15(22-18)13-7-9-14(20-6)10-8-13;1-16(2)17(3,4)24-19(23-16)18(5,20)11-12-22-13-14-7-9-15(21-6)10-8-14;1-10(13)7-8-15-9-11-3-5-12(14-2)6-4-11/h6-15H,16-17H2,1-5H3;7-10,15H,11-12H2,1-6H3;7-10,20H,11-13H2,1-6H3;3-6H,7-9H2,1-2H3/t;15-,18+;;/m.0../s1. The fourth-order valence-corrected chi connectivity index (χ4v) is 10.3. The molecule has 5 heterocycles. The van der Waals surface area contributed by atoms with E-state index in [9.17, 15) is 9.90 Å². The summed E-state index contributed by atoms with van der Waals surface area (Å²) in [7, 11) is 3.37. The highest BCUT2D eigenvalue weighted by Gasteiger charge is 2.63. The summed E-state index contributed by atoms with van der Waals surface area (Å²) in [6.45, 7) is 34.9. The molecule has 0 saturated carbocycles. The molecule has 0 bridgehead atoms. The van der Waals surface area contributed by atoms with E-state index in [4.69, 9.17) is 70.6 Å². The summed E-state index contributed by atoms with van der Waals surface area (Å²) in [6, 6.07) is 43.3. The van der Waals surface area contributed by atoms with E-state index >= 15 is 0 Å². The molecular formula is C71H101B3O17. The lowest BCUT2D eigenvalue weighted by Crippen LogP contribution is -2.58. The molecule has 20 heteroatoms. The van der Waals surface area contributed by atoms with Gasteiger partial charge in [-0.2, -0.15) is 0 Å². The van der Waals surface area contributed by atoms with Crippen molar-refractivity contribution in [2.75, 3.05) is 47.8 Å². The molecule has 17 nitrogen and oxygen atoms in total. The summed E-state index contributed by atoms with van der Waals surface area (Å²) in [5, 5.41) is 10.7. The van der Waals surface area contributed by atoms with Crippen LogP contribution >= 0.6 is 0 Å². The van der Waals surface area contributed by atoms with Gasteiger partial charge in [-0.05, 0) is 178 Å². The number of methoxy groups -OCH3 is 3. The summed E-state index contributed by atoms with van der Waals surface area (Å²) in [5.74, 6) is 1.62. The number of ether oxygens (including phenoxy) is 9. The van der Waals surface area contributed by atoms with Crippen LogP contribution in [0, 0.1) is 0 Å². The quantitative estimate of drug-likeness (QED) is 0.0610. The maximum absolute atomic E-state index is 10.7. The van der Waals surface area contributed by atoms with Crippen LogP contribution in [0.4, 0.5) is 0 Å². The molecule has 5 fully saturated rings. The Morgan fingerprint density at radius 3 is 1.32 bits per heavy atom. The molecule has 0 aliphatic carbocycles. The second kappa shape index (κ2) is 30.1.